The van der Waals surface area contributed by atoms with Crippen molar-refractivity contribution in [1.82, 2.24) is 0 Å². The van der Waals surface area contributed by atoms with E-state index < -0.39 is 21.8 Å². The predicted octanol–water partition coefficient (Wildman–Crippen LogP) is -12.2. The molecule has 80 valence electrons. The molecule has 0 aromatic heterocycles. The molecule has 0 saturated carbocycles. The van der Waals surface area contributed by atoms with Gasteiger partial charge in [-0.05, 0) is 0 Å². The van der Waals surface area contributed by atoms with Crippen molar-refractivity contribution in [2.75, 3.05) is 0 Å². The molecule has 0 aliphatic heterocycles. The van der Waals surface area contributed by atoms with E-state index in [0.29, 0.717) is 0 Å². The molecular weight excluding hydrogens is 303 g/mol. The van der Waals surface area contributed by atoms with Crippen LogP contribution in [0.15, 0.2) is 0 Å². The van der Waals surface area contributed by atoms with Crippen molar-refractivity contribution in [2.24, 2.45) is 0 Å². The first kappa shape index (κ1) is 31.1. The van der Waals surface area contributed by atoms with Gasteiger partial charge in [-0.1, -0.05) is 0 Å². The minimum Gasteiger partial charge on any atom is -0.789 e. The van der Waals surface area contributed by atoms with E-state index in [0.717, 1.165) is 0 Å². The van der Waals surface area contributed by atoms with E-state index in [9.17, 15) is 18.9 Å². The summed E-state index contributed by atoms with van der Waals surface area (Å²) in [5.74, 6) is 0. The second-order valence-electron chi connectivity index (χ2n) is 1.29. The molecule has 3 N–H and O–H groups in total. The molecule has 0 amide bonds. The number of carboxylic acid groups (broad SMARTS) is 2. The molecule has 0 rings (SSSR count). The fourth-order valence-corrected chi connectivity index (χ4v) is 1.17. The Morgan fingerprint density at radius 3 is 1.25 bits per heavy atom. The van der Waals surface area contributed by atoms with Crippen molar-refractivity contribution < 1.29 is 137 Å². The second kappa shape index (κ2) is 14.0. The number of rotatable bonds is 2. The SMILES string of the molecule is O=C([O-])O.O=P([O-])([O-])OP(=O)(O)O.[Na+].[Na+].[Na+]. The average molecular weight is 306 g/mol. The molecule has 0 aromatic carbocycles. The topological polar surface area (TPSA) is 190 Å². The molecule has 0 bridgehead atoms. The maximum atomic E-state index is 9.55. The average Bonchev–Trinajstić information content (AvgIpc) is 1.47. The van der Waals surface area contributed by atoms with Crippen LogP contribution in [0.3, 0.4) is 0 Å². The van der Waals surface area contributed by atoms with Crippen molar-refractivity contribution >= 4 is 21.8 Å². The first-order chi connectivity index (χ1) is 5.44. The van der Waals surface area contributed by atoms with Gasteiger partial charge < -0.3 is 39.1 Å². The van der Waals surface area contributed by atoms with E-state index in [2.05, 4.69) is 4.31 Å². The fraction of sp³-hybridized carbons (Fsp3) is 0. The third-order valence-electron chi connectivity index (χ3n) is 0.206. The monoisotopic (exact) mass is 306 g/mol. The number of carbonyl (C=O) groups is 1. The molecule has 0 radical (unpaired) electrons. The number of hydrogen-bond donors (Lipinski definition) is 3. The first-order valence-electron chi connectivity index (χ1n) is 2.13. The normalized spacial score (nSPS) is 9.25. The van der Waals surface area contributed by atoms with E-state index in [4.69, 9.17) is 24.8 Å². The third-order valence-corrected chi connectivity index (χ3v) is 1.86. The summed E-state index contributed by atoms with van der Waals surface area (Å²) in [6.45, 7) is 0. The zero-order chi connectivity index (χ0) is 11.3. The fourth-order valence-electron chi connectivity index (χ4n) is 0.130. The molecule has 0 unspecified atom stereocenters. The Bertz CT molecular complexity index is 229. The van der Waals surface area contributed by atoms with Gasteiger partial charge in [0.25, 0.3) is 0 Å². The van der Waals surface area contributed by atoms with Crippen LogP contribution in [0.4, 0.5) is 4.79 Å². The summed E-state index contributed by atoms with van der Waals surface area (Å²) in [6.07, 6.45) is -2.08. The molecule has 0 fully saturated rings. The van der Waals surface area contributed by atoms with Gasteiger partial charge in [-0.2, -0.15) is 0 Å². The molecular formula is CH3Na3O10P2. The predicted molar refractivity (Wildman–Crippen MR) is 28.8 cm³/mol. The smallest absolute Gasteiger partial charge is 0.789 e. The Balaban J connectivity index is -0.0000000511. The summed E-state index contributed by atoms with van der Waals surface area (Å²) in [7, 11) is -10.7. The Kier molecular flexibility index (Phi) is 27.1. The molecule has 10 nitrogen and oxygen atoms in total. The molecule has 15 heteroatoms. The van der Waals surface area contributed by atoms with E-state index in [1.165, 1.54) is 0 Å². The van der Waals surface area contributed by atoms with Crippen LogP contribution >= 0.6 is 15.6 Å². The van der Waals surface area contributed by atoms with Crippen LogP contribution in [0.2, 0.25) is 0 Å². The zero-order valence-corrected chi connectivity index (χ0v) is 16.4. The maximum Gasteiger partial charge on any atom is 1.00 e. The summed E-state index contributed by atoms with van der Waals surface area (Å²) >= 11 is 0. The van der Waals surface area contributed by atoms with Crippen molar-refractivity contribution in [1.29, 1.82) is 0 Å². The maximum absolute atomic E-state index is 9.55. The molecule has 0 aliphatic carbocycles. The van der Waals surface area contributed by atoms with Gasteiger partial charge in [0.1, 0.15) is 0 Å². The summed E-state index contributed by atoms with van der Waals surface area (Å²) in [5, 5.41) is 15.3. The standard InChI is InChI=1S/CH2O3.3Na.H4O7P2/c2-1(3)4;;;;1-8(2,3)7-9(4,5)6/h(H2,2,3,4);;;;(H2,1,2,3)(H2,4,5,6)/q;3*+1;/p-3. The van der Waals surface area contributed by atoms with Gasteiger partial charge in [-0.25, -0.2) is 4.57 Å². The van der Waals surface area contributed by atoms with Crippen LogP contribution in [-0.4, -0.2) is 21.0 Å². The van der Waals surface area contributed by atoms with E-state index in [-0.39, 0.29) is 88.7 Å². The van der Waals surface area contributed by atoms with Gasteiger partial charge in [-0.15, -0.1) is 0 Å². The minimum atomic E-state index is -5.55. The molecule has 16 heavy (non-hydrogen) atoms. The van der Waals surface area contributed by atoms with Crippen LogP contribution in [-0.2, 0) is 13.4 Å². The molecule has 0 saturated heterocycles. The first-order valence-corrected chi connectivity index (χ1v) is 5.12. The van der Waals surface area contributed by atoms with Gasteiger partial charge in [-0.3, -0.25) is 4.31 Å². The Hall–Kier alpha value is 2.53. The molecule has 0 aliphatic rings. The van der Waals surface area contributed by atoms with Crippen LogP contribution in [0.25, 0.3) is 0 Å². The van der Waals surface area contributed by atoms with Crippen LogP contribution < -0.4 is 104 Å². The summed E-state index contributed by atoms with van der Waals surface area (Å²) in [6, 6.07) is 0. The van der Waals surface area contributed by atoms with Gasteiger partial charge >= 0.3 is 96.5 Å². The van der Waals surface area contributed by atoms with Gasteiger partial charge in [0, 0.05) is 0 Å². The van der Waals surface area contributed by atoms with Crippen molar-refractivity contribution in [3.05, 3.63) is 0 Å². The number of hydrogen-bond acceptors (Lipinski definition) is 7. The van der Waals surface area contributed by atoms with Crippen LogP contribution in [0.1, 0.15) is 0 Å². The third kappa shape index (κ3) is 54.8. The zero-order valence-electron chi connectivity index (χ0n) is 8.59. The Morgan fingerprint density at radius 1 is 1.06 bits per heavy atom. The Labute approximate surface area is 156 Å². The van der Waals surface area contributed by atoms with E-state index in [1.54, 1.807) is 0 Å². The minimum absolute atomic E-state index is 0. The Morgan fingerprint density at radius 2 is 1.25 bits per heavy atom. The van der Waals surface area contributed by atoms with Crippen LogP contribution in [0.5, 0.6) is 0 Å². The van der Waals surface area contributed by atoms with Crippen molar-refractivity contribution in [3.8, 4) is 0 Å². The molecule has 0 atom stereocenters. The summed E-state index contributed by atoms with van der Waals surface area (Å²) < 4.78 is 21.7. The largest absolute Gasteiger partial charge is 1.00 e. The summed E-state index contributed by atoms with van der Waals surface area (Å²) in [5.41, 5.74) is 0. The van der Waals surface area contributed by atoms with Gasteiger partial charge in [0.05, 0.1) is 7.82 Å². The van der Waals surface area contributed by atoms with E-state index >= 15 is 0 Å². The number of phosphoric acid groups is 2. The van der Waals surface area contributed by atoms with E-state index in [1.807, 2.05) is 0 Å². The van der Waals surface area contributed by atoms with Crippen LogP contribution in [0, 0.1) is 0 Å². The second-order valence-corrected chi connectivity index (χ2v) is 3.81. The van der Waals surface area contributed by atoms with Crippen molar-refractivity contribution in [2.45, 2.75) is 0 Å². The quantitative estimate of drug-likeness (QED) is 0.326. The van der Waals surface area contributed by atoms with Gasteiger partial charge in [0.15, 0.2) is 0 Å². The van der Waals surface area contributed by atoms with Gasteiger partial charge in [0.2, 0.25) is 6.16 Å². The molecule has 0 spiro atoms. The molecule has 0 aromatic rings. The van der Waals surface area contributed by atoms with Crippen molar-refractivity contribution in [3.63, 3.8) is 0 Å². The molecule has 0 heterocycles. The summed E-state index contributed by atoms with van der Waals surface area (Å²) in [4.78, 5) is 42.6.